The highest BCUT2D eigenvalue weighted by molar-refractivity contribution is 6.30. The summed E-state index contributed by atoms with van der Waals surface area (Å²) in [5.74, 6) is 0. The third-order valence-electron chi connectivity index (χ3n) is 3.57. The molecule has 3 heteroatoms. The van der Waals surface area contributed by atoms with E-state index in [1.807, 2.05) is 25.4 Å². The van der Waals surface area contributed by atoms with Gasteiger partial charge in [-0.05, 0) is 24.6 Å². The number of pyridine rings is 2. The summed E-state index contributed by atoms with van der Waals surface area (Å²) in [6, 6.07) is 4.01. The third kappa shape index (κ3) is 2.85. The Balaban J connectivity index is 2.48. The van der Waals surface area contributed by atoms with Gasteiger partial charge < -0.3 is 0 Å². The summed E-state index contributed by atoms with van der Waals surface area (Å²) in [6.07, 6.45) is 7.13. The lowest BCUT2D eigenvalue weighted by Gasteiger charge is -2.25. The van der Waals surface area contributed by atoms with Crippen LogP contribution in [-0.2, 0) is 5.41 Å². The van der Waals surface area contributed by atoms with E-state index < -0.39 is 0 Å². The SMILES string of the molecule is C=C(C)C(C)(C)c1cncc(-c2cncc(Cl)c2)c1. The summed E-state index contributed by atoms with van der Waals surface area (Å²) in [5.41, 5.74) is 4.13. The predicted octanol–water partition coefficient (Wildman–Crippen LogP) is 4.65. The average molecular weight is 273 g/mol. The fraction of sp³-hybridized carbons (Fsp3) is 0.250. The summed E-state index contributed by atoms with van der Waals surface area (Å²) in [7, 11) is 0. The van der Waals surface area contributed by atoms with Gasteiger partial charge in [0.2, 0.25) is 0 Å². The fourth-order valence-corrected chi connectivity index (χ4v) is 1.93. The van der Waals surface area contributed by atoms with Crippen LogP contribution in [0.1, 0.15) is 26.3 Å². The van der Waals surface area contributed by atoms with Gasteiger partial charge in [-0.1, -0.05) is 37.6 Å². The zero-order valence-electron chi connectivity index (χ0n) is 11.4. The van der Waals surface area contributed by atoms with Crippen LogP contribution in [0.2, 0.25) is 5.02 Å². The van der Waals surface area contributed by atoms with Crippen LogP contribution in [-0.4, -0.2) is 9.97 Å². The second-order valence-electron chi connectivity index (χ2n) is 5.26. The molecule has 0 aliphatic rings. The Labute approximate surface area is 119 Å². The second kappa shape index (κ2) is 5.14. The van der Waals surface area contributed by atoms with Gasteiger partial charge in [0.25, 0.3) is 0 Å². The Bertz CT molecular complexity index is 618. The van der Waals surface area contributed by atoms with Crippen LogP contribution in [0.3, 0.4) is 0 Å². The number of nitrogens with zero attached hydrogens (tertiary/aromatic N) is 2. The first kappa shape index (κ1) is 13.8. The van der Waals surface area contributed by atoms with E-state index in [1.54, 1.807) is 12.4 Å². The number of hydrogen-bond donors (Lipinski definition) is 0. The molecule has 19 heavy (non-hydrogen) atoms. The van der Waals surface area contributed by atoms with Crippen molar-refractivity contribution < 1.29 is 0 Å². The molecule has 2 aromatic heterocycles. The highest BCUT2D eigenvalue weighted by Gasteiger charge is 2.22. The molecule has 0 atom stereocenters. The number of hydrogen-bond acceptors (Lipinski definition) is 2. The maximum absolute atomic E-state index is 5.98. The molecule has 2 heterocycles. The standard InChI is InChI=1S/C16H17ClN2/c1-11(2)16(3,4)14-5-12(7-18-9-14)13-6-15(17)10-19-8-13/h5-10H,1H2,2-4H3. The summed E-state index contributed by atoms with van der Waals surface area (Å²) < 4.78 is 0. The molecule has 0 bridgehead atoms. The molecule has 0 saturated heterocycles. The topological polar surface area (TPSA) is 25.8 Å². The van der Waals surface area contributed by atoms with Gasteiger partial charge in [-0.2, -0.15) is 0 Å². The molecule has 0 aliphatic carbocycles. The van der Waals surface area contributed by atoms with Crippen molar-refractivity contribution in [3.63, 3.8) is 0 Å². The van der Waals surface area contributed by atoms with Gasteiger partial charge in [0.15, 0.2) is 0 Å². The molecular weight excluding hydrogens is 256 g/mol. The monoisotopic (exact) mass is 272 g/mol. The van der Waals surface area contributed by atoms with Crippen LogP contribution >= 0.6 is 11.6 Å². The van der Waals surface area contributed by atoms with Crippen LogP contribution in [0, 0.1) is 0 Å². The maximum Gasteiger partial charge on any atom is 0.0595 e. The molecular formula is C16H17ClN2. The third-order valence-corrected chi connectivity index (χ3v) is 3.77. The molecule has 0 fully saturated rings. The van der Waals surface area contributed by atoms with Crippen molar-refractivity contribution in [3.8, 4) is 11.1 Å². The van der Waals surface area contributed by atoms with Crippen LogP contribution in [0.25, 0.3) is 11.1 Å². The van der Waals surface area contributed by atoms with Gasteiger partial charge in [0.1, 0.15) is 0 Å². The summed E-state index contributed by atoms with van der Waals surface area (Å²) >= 11 is 5.98. The molecule has 2 rings (SSSR count). The normalized spacial score (nSPS) is 11.4. The molecule has 0 aliphatic heterocycles. The Morgan fingerprint density at radius 1 is 1.05 bits per heavy atom. The van der Waals surface area contributed by atoms with E-state index in [9.17, 15) is 0 Å². The number of aromatic nitrogens is 2. The van der Waals surface area contributed by atoms with E-state index in [0.29, 0.717) is 5.02 Å². The van der Waals surface area contributed by atoms with Crippen molar-refractivity contribution >= 4 is 11.6 Å². The first-order chi connectivity index (χ1) is 8.91. The molecule has 0 unspecified atom stereocenters. The van der Waals surface area contributed by atoms with Crippen molar-refractivity contribution in [1.29, 1.82) is 0 Å². The van der Waals surface area contributed by atoms with Crippen molar-refractivity contribution in [2.45, 2.75) is 26.2 Å². The summed E-state index contributed by atoms with van der Waals surface area (Å²) in [5, 5.41) is 0.627. The van der Waals surface area contributed by atoms with Crippen LogP contribution in [0.15, 0.2) is 49.1 Å². The zero-order chi connectivity index (χ0) is 14.0. The molecule has 2 aromatic rings. The Hall–Kier alpha value is -1.67. The lowest BCUT2D eigenvalue weighted by molar-refractivity contribution is 0.623. The minimum atomic E-state index is -0.102. The van der Waals surface area contributed by atoms with E-state index in [2.05, 4.69) is 36.5 Å². The average Bonchev–Trinajstić information content (AvgIpc) is 2.38. The number of allylic oxidation sites excluding steroid dienone is 1. The summed E-state index contributed by atoms with van der Waals surface area (Å²) in [6.45, 7) is 10.4. The number of rotatable bonds is 3. The van der Waals surface area contributed by atoms with E-state index in [1.165, 1.54) is 0 Å². The largest absolute Gasteiger partial charge is 0.264 e. The van der Waals surface area contributed by atoms with Gasteiger partial charge >= 0.3 is 0 Å². The van der Waals surface area contributed by atoms with Crippen molar-refractivity contribution in [3.05, 3.63) is 59.7 Å². The molecule has 0 spiro atoms. The van der Waals surface area contributed by atoms with Gasteiger partial charge in [-0.25, -0.2) is 0 Å². The molecule has 98 valence electrons. The maximum atomic E-state index is 5.98. The van der Waals surface area contributed by atoms with Crippen molar-refractivity contribution in [2.75, 3.05) is 0 Å². The second-order valence-corrected chi connectivity index (χ2v) is 5.70. The van der Waals surface area contributed by atoms with Gasteiger partial charge in [0.05, 0.1) is 5.02 Å². The Morgan fingerprint density at radius 2 is 1.63 bits per heavy atom. The van der Waals surface area contributed by atoms with Gasteiger partial charge in [-0.15, -0.1) is 0 Å². The van der Waals surface area contributed by atoms with Gasteiger partial charge in [-0.3, -0.25) is 9.97 Å². The van der Waals surface area contributed by atoms with Crippen LogP contribution in [0.4, 0.5) is 0 Å². The first-order valence-corrected chi connectivity index (χ1v) is 6.51. The lowest BCUT2D eigenvalue weighted by Crippen LogP contribution is -2.18. The Morgan fingerprint density at radius 3 is 2.21 bits per heavy atom. The quantitative estimate of drug-likeness (QED) is 0.760. The van der Waals surface area contributed by atoms with Crippen LogP contribution in [0.5, 0.6) is 0 Å². The Kier molecular flexibility index (Phi) is 3.72. The highest BCUT2D eigenvalue weighted by atomic mass is 35.5. The van der Waals surface area contributed by atoms with E-state index in [4.69, 9.17) is 11.6 Å². The first-order valence-electron chi connectivity index (χ1n) is 6.13. The molecule has 0 radical (unpaired) electrons. The number of halogens is 1. The highest BCUT2D eigenvalue weighted by Crippen LogP contribution is 2.32. The molecule has 2 nitrogen and oxygen atoms in total. The van der Waals surface area contributed by atoms with Crippen molar-refractivity contribution in [1.82, 2.24) is 9.97 Å². The van der Waals surface area contributed by atoms with Crippen LogP contribution < -0.4 is 0 Å². The lowest BCUT2D eigenvalue weighted by atomic mass is 9.79. The predicted molar refractivity (Wildman–Crippen MR) is 80.3 cm³/mol. The van der Waals surface area contributed by atoms with E-state index in [0.717, 1.165) is 22.3 Å². The fourth-order valence-electron chi connectivity index (χ4n) is 1.76. The molecule has 0 aromatic carbocycles. The van der Waals surface area contributed by atoms with Crippen molar-refractivity contribution in [2.24, 2.45) is 0 Å². The van der Waals surface area contributed by atoms with E-state index >= 15 is 0 Å². The van der Waals surface area contributed by atoms with E-state index in [-0.39, 0.29) is 5.41 Å². The zero-order valence-corrected chi connectivity index (χ0v) is 12.2. The minimum absolute atomic E-state index is 0.102. The minimum Gasteiger partial charge on any atom is -0.264 e. The summed E-state index contributed by atoms with van der Waals surface area (Å²) in [4.78, 5) is 8.44. The smallest absolute Gasteiger partial charge is 0.0595 e. The van der Waals surface area contributed by atoms with Gasteiger partial charge in [0, 0.05) is 41.3 Å². The molecule has 0 N–H and O–H groups in total. The molecule has 0 saturated carbocycles. The molecule has 0 amide bonds.